The second kappa shape index (κ2) is 6.97. The standard InChI is InChI=1S/C15H20N2O4/c1-17-13(7-8-14(17)18)15(19)16-9-10-21-12-5-3-11(20-2)4-6-12/h3-6,13H,7-10H2,1-2H3,(H,16,19). The summed E-state index contributed by atoms with van der Waals surface area (Å²) >= 11 is 0. The Kier molecular flexibility index (Phi) is 5.03. The van der Waals surface area contributed by atoms with E-state index in [4.69, 9.17) is 9.47 Å². The van der Waals surface area contributed by atoms with E-state index in [1.165, 1.54) is 4.90 Å². The fourth-order valence-electron chi connectivity index (χ4n) is 2.24. The number of hydrogen-bond acceptors (Lipinski definition) is 4. The highest BCUT2D eigenvalue weighted by atomic mass is 16.5. The molecule has 21 heavy (non-hydrogen) atoms. The van der Waals surface area contributed by atoms with Gasteiger partial charge in [0.15, 0.2) is 0 Å². The van der Waals surface area contributed by atoms with E-state index in [0.29, 0.717) is 26.0 Å². The second-order valence-corrected chi connectivity index (χ2v) is 4.87. The van der Waals surface area contributed by atoms with Crippen molar-refractivity contribution in [3.05, 3.63) is 24.3 Å². The van der Waals surface area contributed by atoms with Crippen molar-refractivity contribution in [1.29, 1.82) is 0 Å². The number of rotatable bonds is 6. The van der Waals surface area contributed by atoms with E-state index in [0.717, 1.165) is 11.5 Å². The summed E-state index contributed by atoms with van der Waals surface area (Å²) in [6.45, 7) is 0.784. The van der Waals surface area contributed by atoms with Crippen LogP contribution in [0.1, 0.15) is 12.8 Å². The lowest BCUT2D eigenvalue weighted by atomic mass is 10.2. The van der Waals surface area contributed by atoms with Gasteiger partial charge in [-0.1, -0.05) is 0 Å². The summed E-state index contributed by atoms with van der Waals surface area (Å²) in [7, 11) is 3.27. The zero-order chi connectivity index (χ0) is 15.2. The fraction of sp³-hybridized carbons (Fsp3) is 0.467. The number of carbonyl (C=O) groups is 2. The molecule has 1 aromatic carbocycles. The lowest BCUT2D eigenvalue weighted by Gasteiger charge is -2.19. The average Bonchev–Trinajstić information content (AvgIpc) is 2.84. The Morgan fingerprint density at radius 3 is 2.57 bits per heavy atom. The molecule has 1 saturated heterocycles. The van der Waals surface area contributed by atoms with Crippen LogP contribution in [-0.4, -0.2) is 50.1 Å². The van der Waals surface area contributed by atoms with E-state index < -0.39 is 0 Å². The van der Waals surface area contributed by atoms with Crippen LogP contribution in [0.2, 0.25) is 0 Å². The quantitative estimate of drug-likeness (QED) is 0.788. The van der Waals surface area contributed by atoms with Crippen molar-refractivity contribution in [3.8, 4) is 11.5 Å². The molecule has 1 N–H and O–H groups in total. The van der Waals surface area contributed by atoms with Crippen LogP contribution in [-0.2, 0) is 9.59 Å². The first-order valence-corrected chi connectivity index (χ1v) is 6.92. The molecule has 1 aliphatic heterocycles. The summed E-state index contributed by atoms with van der Waals surface area (Å²) in [5.41, 5.74) is 0. The number of benzene rings is 1. The normalized spacial score (nSPS) is 17.7. The number of carbonyl (C=O) groups excluding carboxylic acids is 2. The average molecular weight is 292 g/mol. The molecule has 0 radical (unpaired) electrons. The van der Waals surface area contributed by atoms with Gasteiger partial charge in [0, 0.05) is 13.5 Å². The van der Waals surface area contributed by atoms with Crippen molar-refractivity contribution in [2.45, 2.75) is 18.9 Å². The Labute approximate surface area is 124 Å². The summed E-state index contributed by atoms with van der Waals surface area (Å²) in [5.74, 6) is 1.38. The molecule has 6 nitrogen and oxygen atoms in total. The summed E-state index contributed by atoms with van der Waals surface area (Å²) in [5, 5.41) is 2.79. The number of methoxy groups -OCH3 is 1. The molecule has 0 spiro atoms. The number of nitrogens with one attached hydrogen (secondary N) is 1. The first kappa shape index (κ1) is 15.2. The zero-order valence-corrected chi connectivity index (χ0v) is 12.3. The minimum Gasteiger partial charge on any atom is -0.497 e. The van der Waals surface area contributed by atoms with Gasteiger partial charge in [-0.15, -0.1) is 0 Å². The van der Waals surface area contributed by atoms with E-state index in [9.17, 15) is 9.59 Å². The highest BCUT2D eigenvalue weighted by molar-refractivity contribution is 5.90. The van der Waals surface area contributed by atoms with E-state index in [2.05, 4.69) is 5.32 Å². The first-order chi connectivity index (χ1) is 10.1. The Morgan fingerprint density at radius 1 is 1.33 bits per heavy atom. The van der Waals surface area contributed by atoms with Crippen LogP contribution in [0, 0.1) is 0 Å². The zero-order valence-electron chi connectivity index (χ0n) is 12.3. The van der Waals surface area contributed by atoms with Gasteiger partial charge in [0.05, 0.1) is 13.7 Å². The van der Waals surface area contributed by atoms with Crippen LogP contribution in [0.25, 0.3) is 0 Å². The Hall–Kier alpha value is -2.24. The molecular weight excluding hydrogens is 272 g/mol. The summed E-state index contributed by atoms with van der Waals surface area (Å²) < 4.78 is 10.6. The van der Waals surface area contributed by atoms with Gasteiger partial charge in [0.1, 0.15) is 24.1 Å². The first-order valence-electron chi connectivity index (χ1n) is 6.92. The van der Waals surface area contributed by atoms with Crippen molar-refractivity contribution < 1.29 is 19.1 Å². The molecular formula is C15H20N2O4. The van der Waals surface area contributed by atoms with Crippen molar-refractivity contribution >= 4 is 11.8 Å². The van der Waals surface area contributed by atoms with Gasteiger partial charge >= 0.3 is 0 Å². The third kappa shape index (κ3) is 3.87. The summed E-state index contributed by atoms with van der Waals surface area (Å²) in [6.07, 6.45) is 1.03. The van der Waals surface area contributed by atoms with Crippen molar-refractivity contribution in [2.24, 2.45) is 0 Å². The molecule has 1 unspecified atom stereocenters. The largest absolute Gasteiger partial charge is 0.497 e. The van der Waals surface area contributed by atoms with E-state index >= 15 is 0 Å². The molecule has 114 valence electrons. The molecule has 1 atom stereocenters. The summed E-state index contributed by atoms with van der Waals surface area (Å²) in [4.78, 5) is 24.8. The van der Waals surface area contributed by atoms with Gasteiger partial charge in [-0.2, -0.15) is 0 Å². The van der Waals surface area contributed by atoms with E-state index in [1.54, 1.807) is 14.2 Å². The minimum absolute atomic E-state index is 0.0182. The number of amides is 2. The number of likely N-dealkylation sites (N-methyl/N-ethyl adjacent to an activating group) is 1. The number of likely N-dealkylation sites (tertiary alicyclic amines) is 1. The Balaban J connectivity index is 1.69. The Bertz CT molecular complexity index is 501. The maximum absolute atomic E-state index is 11.9. The van der Waals surface area contributed by atoms with Crippen molar-refractivity contribution in [2.75, 3.05) is 27.3 Å². The van der Waals surface area contributed by atoms with Crippen LogP contribution in [0.15, 0.2) is 24.3 Å². The van der Waals surface area contributed by atoms with Crippen LogP contribution >= 0.6 is 0 Å². The highest BCUT2D eigenvalue weighted by Crippen LogP contribution is 2.17. The SMILES string of the molecule is COc1ccc(OCCNC(=O)C2CCC(=O)N2C)cc1. The van der Waals surface area contributed by atoms with Crippen LogP contribution in [0.5, 0.6) is 11.5 Å². The van der Waals surface area contributed by atoms with Gasteiger partial charge in [-0.05, 0) is 30.7 Å². The smallest absolute Gasteiger partial charge is 0.242 e. The van der Waals surface area contributed by atoms with Gasteiger partial charge < -0.3 is 19.7 Å². The highest BCUT2D eigenvalue weighted by Gasteiger charge is 2.32. The number of hydrogen-bond donors (Lipinski definition) is 1. The second-order valence-electron chi connectivity index (χ2n) is 4.87. The van der Waals surface area contributed by atoms with Crippen LogP contribution in [0.3, 0.4) is 0 Å². The van der Waals surface area contributed by atoms with Crippen LogP contribution in [0.4, 0.5) is 0 Å². The number of ether oxygens (including phenoxy) is 2. The maximum atomic E-state index is 11.9. The fourth-order valence-corrected chi connectivity index (χ4v) is 2.24. The number of nitrogens with zero attached hydrogens (tertiary/aromatic N) is 1. The maximum Gasteiger partial charge on any atom is 0.242 e. The molecule has 1 fully saturated rings. The monoisotopic (exact) mass is 292 g/mol. The van der Waals surface area contributed by atoms with Crippen LogP contribution < -0.4 is 14.8 Å². The molecule has 2 rings (SSSR count). The van der Waals surface area contributed by atoms with E-state index in [1.807, 2.05) is 24.3 Å². The molecule has 1 heterocycles. The molecule has 1 aliphatic rings. The lowest BCUT2D eigenvalue weighted by Crippen LogP contribution is -2.43. The molecule has 2 amide bonds. The topological polar surface area (TPSA) is 67.9 Å². The molecule has 6 heteroatoms. The van der Waals surface area contributed by atoms with Crippen molar-refractivity contribution in [3.63, 3.8) is 0 Å². The molecule has 0 saturated carbocycles. The lowest BCUT2D eigenvalue weighted by molar-refractivity contribution is -0.133. The molecule has 0 aromatic heterocycles. The van der Waals surface area contributed by atoms with Gasteiger partial charge in [-0.25, -0.2) is 0 Å². The summed E-state index contributed by atoms with van der Waals surface area (Å²) in [6, 6.07) is 6.90. The van der Waals surface area contributed by atoms with E-state index in [-0.39, 0.29) is 17.9 Å². The minimum atomic E-state index is -0.349. The third-order valence-electron chi connectivity index (χ3n) is 3.52. The Morgan fingerprint density at radius 2 is 2.00 bits per heavy atom. The van der Waals surface area contributed by atoms with Gasteiger partial charge in [-0.3, -0.25) is 9.59 Å². The molecule has 1 aromatic rings. The predicted molar refractivity (Wildman–Crippen MR) is 77.3 cm³/mol. The predicted octanol–water partition coefficient (Wildman–Crippen LogP) is 0.811. The van der Waals surface area contributed by atoms with Crippen molar-refractivity contribution in [1.82, 2.24) is 10.2 Å². The van der Waals surface area contributed by atoms with Gasteiger partial charge in [0.25, 0.3) is 0 Å². The molecule has 0 bridgehead atoms. The van der Waals surface area contributed by atoms with Gasteiger partial charge in [0.2, 0.25) is 11.8 Å². The third-order valence-corrected chi connectivity index (χ3v) is 3.52. The molecule has 0 aliphatic carbocycles.